The SMILES string of the molecule is CCc1[nH]c2cc(C)c(N3CCN(c4ncccn4)CC3)cc2c(=O)c1C. The quantitative estimate of drug-likeness (QED) is 0.775. The molecule has 6 nitrogen and oxygen atoms in total. The molecule has 0 radical (unpaired) electrons. The Hall–Kier alpha value is -2.89. The summed E-state index contributed by atoms with van der Waals surface area (Å²) < 4.78 is 0. The number of aromatic nitrogens is 3. The van der Waals surface area contributed by atoms with Gasteiger partial charge in [-0.15, -0.1) is 0 Å². The molecule has 27 heavy (non-hydrogen) atoms. The van der Waals surface area contributed by atoms with E-state index in [1.165, 1.54) is 5.56 Å². The Labute approximate surface area is 158 Å². The number of H-pyrrole nitrogens is 1. The van der Waals surface area contributed by atoms with Crippen LogP contribution in [0, 0.1) is 13.8 Å². The molecule has 3 aromatic rings. The van der Waals surface area contributed by atoms with Crippen molar-refractivity contribution in [3.8, 4) is 0 Å². The van der Waals surface area contributed by atoms with Crippen LogP contribution in [0.25, 0.3) is 10.9 Å². The maximum Gasteiger partial charge on any atom is 0.225 e. The molecule has 1 aromatic carbocycles. The second kappa shape index (κ2) is 7.02. The van der Waals surface area contributed by atoms with E-state index in [1.807, 2.05) is 13.0 Å². The van der Waals surface area contributed by atoms with E-state index in [2.05, 4.69) is 50.7 Å². The van der Waals surface area contributed by atoms with Crippen molar-refractivity contribution in [1.29, 1.82) is 0 Å². The number of hydrogen-bond donors (Lipinski definition) is 1. The van der Waals surface area contributed by atoms with E-state index in [1.54, 1.807) is 12.4 Å². The fourth-order valence-electron chi connectivity index (χ4n) is 3.88. The molecule has 4 rings (SSSR count). The first-order chi connectivity index (χ1) is 13.1. The molecular weight excluding hydrogens is 338 g/mol. The van der Waals surface area contributed by atoms with Gasteiger partial charge >= 0.3 is 0 Å². The second-order valence-corrected chi connectivity index (χ2v) is 7.12. The molecule has 1 fully saturated rings. The molecule has 2 aromatic heterocycles. The van der Waals surface area contributed by atoms with Crippen LogP contribution in [0.2, 0.25) is 0 Å². The van der Waals surface area contributed by atoms with Crippen molar-refractivity contribution < 1.29 is 0 Å². The molecule has 1 aliphatic heterocycles. The standard InChI is InChI=1S/C21H25N5O/c1-4-17-15(3)20(27)16-13-19(14(2)12-18(16)24-17)25-8-10-26(11-9-25)21-22-6-5-7-23-21/h5-7,12-13H,4,8-11H2,1-3H3,(H,24,27). The lowest BCUT2D eigenvalue weighted by Gasteiger charge is -2.36. The minimum Gasteiger partial charge on any atom is -0.368 e. The largest absolute Gasteiger partial charge is 0.368 e. The highest BCUT2D eigenvalue weighted by Crippen LogP contribution is 2.26. The highest BCUT2D eigenvalue weighted by Gasteiger charge is 2.21. The lowest BCUT2D eigenvalue weighted by molar-refractivity contribution is 0.639. The molecule has 0 aliphatic carbocycles. The number of aromatic amines is 1. The van der Waals surface area contributed by atoms with Gasteiger partial charge in [0, 0.05) is 66.4 Å². The molecule has 6 heteroatoms. The summed E-state index contributed by atoms with van der Waals surface area (Å²) >= 11 is 0. The van der Waals surface area contributed by atoms with E-state index in [0.29, 0.717) is 0 Å². The Morgan fingerprint density at radius 3 is 2.37 bits per heavy atom. The zero-order valence-corrected chi connectivity index (χ0v) is 16.1. The number of nitrogens with one attached hydrogen (secondary N) is 1. The predicted molar refractivity (Wildman–Crippen MR) is 110 cm³/mol. The van der Waals surface area contributed by atoms with E-state index in [4.69, 9.17) is 0 Å². The summed E-state index contributed by atoms with van der Waals surface area (Å²) in [5.74, 6) is 0.784. The number of piperazine rings is 1. The number of fused-ring (bicyclic) bond motifs is 1. The molecule has 140 valence electrons. The van der Waals surface area contributed by atoms with Gasteiger partial charge in [-0.05, 0) is 44.0 Å². The van der Waals surface area contributed by atoms with Crippen molar-refractivity contribution >= 4 is 22.5 Å². The fourth-order valence-corrected chi connectivity index (χ4v) is 3.88. The van der Waals surface area contributed by atoms with Gasteiger partial charge in [0.1, 0.15) is 0 Å². The predicted octanol–water partition coefficient (Wildman–Crippen LogP) is 2.82. The lowest BCUT2D eigenvalue weighted by Crippen LogP contribution is -2.47. The first kappa shape index (κ1) is 17.5. The number of nitrogens with zero attached hydrogens (tertiary/aromatic N) is 4. The first-order valence-corrected chi connectivity index (χ1v) is 9.51. The van der Waals surface area contributed by atoms with E-state index in [-0.39, 0.29) is 5.43 Å². The number of rotatable bonds is 3. The summed E-state index contributed by atoms with van der Waals surface area (Å²) in [6.45, 7) is 9.60. The molecule has 0 spiro atoms. The maximum atomic E-state index is 12.8. The Morgan fingerprint density at radius 2 is 1.70 bits per heavy atom. The Morgan fingerprint density at radius 1 is 1.04 bits per heavy atom. The van der Waals surface area contributed by atoms with E-state index >= 15 is 0 Å². The van der Waals surface area contributed by atoms with E-state index in [0.717, 1.165) is 66.4 Å². The molecule has 3 heterocycles. The second-order valence-electron chi connectivity index (χ2n) is 7.12. The average molecular weight is 363 g/mol. The van der Waals surface area contributed by atoms with Crippen LogP contribution in [0.1, 0.15) is 23.7 Å². The van der Waals surface area contributed by atoms with Gasteiger partial charge in [-0.1, -0.05) is 6.92 Å². The highest BCUT2D eigenvalue weighted by atomic mass is 16.1. The molecule has 1 aliphatic rings. The van der Waals surface area contributed by atoms with Crippen LogP contribution in [0.3, 0.4) is 0 Å². The summed E-state index contributed by atoms with van der Waals surface area (Å²) in [7, 11) is 0. The molecular formula is C21H25N5O. The molecule has 0 unspecified atom stereocenters. The number of pyridine rings is 1. The lowest BCUT2D eigenvalue weighted by atomic mass is 10.0. The topological polar surface area (TPSA) is 65.1 Å². The Balaban J connectivity index is 1.64. The normalized spacial score (nSPS) is 14.8. The zero-order valence-electron chi connectivity index (χ0n) is 16.1. The van der Waals surface area contributed by atoms with Gasteiger partial charge in [0.25, 0.3) is 0 Å². The zero-order chi connectivity index (χ0) is 19.0. The minimum atomic E-state index is 0.137. The third kappa shape index (κ3) is 3.16. The molecule has 0 saturated carbocycles. The van der Waals surface area contributed by atoms with Gasteiger partial charge in [0.2, 0.25) is 5.95 Å². The number of benzene rings is 1. The number of anilines is 2. The Bertz CT molecular complexity index is 1020. The van der Waals surface area contributed by atoms with E-state index in [9.17, 15) is 4.79 Å². The summed E-state index contributed by atoms with van der Waals surface area (Å²) in [6, 6.07) is 6.00. The first-order valence-electron chi connectivity index (χ1n) is 9.51. The van der Waals surface area contributed by atoms with Gasteiger partial charge in [0.15, 0.2) is 5.43 Å². The monoisotopic (exact) mass is 363 g/mol. The van der Waals surface area contributed by atoms with Crippen molar-refractivity contribution in [1.82, 2.24) is 15.0 Å². The molecule has 0 atom stereocenters. The van der Waals surface area contributed by atoms with E-state index < -0.39 is 0 Å². The van der Waals surface area contributed by atoms with Gasteiger partial charge in [-0.25, -0.2) is 9.97 Å². The third-order valence-electron chi connectivity index (χ3n) is 5.47. The minimum absolute atomic E-state index is 0.137. The van der Waals surface area contributed by atoms with Crippen molar-refractivity contribution in [2.24, 2.45) is 0 Å². The van der Waals surface area contributed by atoms with Gasteiger partial charge in [-0.2, -0.15) is 0 Å². The summed E-state index contributed by atoms with van der Waals surface area (Å²) in [4.78, 5) is 29.5. The molecule has 1 saturated heterocycles. The maximum absolute atomic E-state index is 12.8. The third-order valence-corrected chi connectivity index (χ3v) is 5.47. The Kier molecular flexibility index (Phi) is 4.56. The van der Waals surface area contributed by atoms with Crippen molar-refractivity contribution in [2.75, 3.05) is 36.0 Å². The van der Waals surface area contributed by atoms with Crippen LogP contribution in [0.4, 0.5) is 11.6 Å². The fraction of sp³-hybridized carbons (Fsp3) is 0.381. The van der Waals surface area contributed by atoms with Gasteiger partial charge < -0.3 is 14.8 Å². The van der Waals surface area contributed by atoms with Crippen molar-refractivity contribution in [3.63, 3.8) is 0 Å². The highest BCUT2D eigenvalue weighted by molar-refractivity contribution is 5.85. The van der Waals surface area contributed by atoms with Crippen LogP contribution in [-0.2, 0) is 6.42 Å². The number of hydrogen-bond acceptors (Lipinski definition) is 5. The molecule has 1 N–H and O–H groups in total. The van der Waals surface area contributed by atoms with Gasteiger partial charge in [0.05, 0.1) is 0 Å². The van der Waals surface area contributed by atoms with Crippen molar-refractivity contribution in [2.45, 2.75) is 27.2 Å². The van der Waals surface area contributed by atoms with Crippen molar-refractivity contribution in [3.05, 3.63) is 57.6 Å². The average Bonchev–Trinajstić information content (AvgIpc) is 2.71. The molecule has 0 bridgehead atoms. The summed E-state index contributed by atoms with van der Waals surface area (Å²) in [5.41, 5.74) is 5.25. The van der Waals surface area contributed by atoms with Crippen LogP contribution < -0.4 is 15.2 Å². The van der Waals surface area contributed by atoms with Crippen LogP contribution in [-0.4, -0.2) is 41.1 Å². The van der Waals surface area contributed by atoms with Gasteiger partial charge in [-0.3, -0.25) is 4.79 Å². The van der Waals surface area contributed by atoms with Crippen LogP contribution in [0.15, 0.2) is 35.4 Å². The van der Waals surface area contributed by atoms with Crippen LogP contribution in [0.5, 0.6) is 0 Å². The smallest absolute Gasteiger partial charge is 0.225 e. The summed E-state index contributed by atoms with van der Waals surface area (Å²) in [5, 5.41) is 0.777. The molecule has 0 amide bonds. The van der Waals surface area contributed by atoms with Crippen LogP contribution >= 0.6 is 0 Å². The number of aryl methyl sites for hydroxylation is 2. The summed E-state index contributed by atoms with van der Waals surface area (Å²) in [6.07, 6.45) is 4.39.